The zero-order valence-corrected chi connectivity index (χ0v) is 14.8. The van der Waals surface area contributed by atoms with Crippen LogP contribution < -0.4 is 15.0 Å². The Labute approximate surface area is 151 Å². The molecule has 0 aromatic heterocycles. The maximum absolute atomic E-state index is 12.3. The van der Waals surface area contributed by atoms with Crippen LogP contribution in [0, 0.1) is 0 Å². The van der Waals surface area contributed by atoms with E-state index in [9.17, 15) is 9.59 Å². The van der Waals surface area contributed by atoms with Gasteiger partial charge in [-0.05, 0) is 42.8 Å². The van der Waals surface area contributed by atoms with Gasteiger partial charge in [0.25, 0.3) is 0 Å². The molecule has 0 radical (unpaired) electrons. The van der Waals surface area contributed by atoms with Gasteiger partial charge in [-0.15, -0.1) is 11.8 Å². The molecule has 0 atom stereocenters. The number of thioether (sulfide) groups is 1. The van der Waals surface area contributed by atoms with Crippen molar-refractivity contribution in [3.8, 4) is 5.75 Å². The van der Waals surface area contributed by atoms with Crippen molar-refractivity contribution in [3.63, 3.8) is 0 Å². The lowest BCUT2D eigenvalue weighted by Gasteiger charge is -2.19. The minimum atomic E-state index is -0.0973. The summed E-state index contributed by atoms with van der Waals surface area (Å²) in [6.45, 7) is 0.701. The van der Waals surface area contributed by atoms with Crippen LogP contribution in [0.5, 0.6) is 5.75 Å². The van der Waals surface area contributed by atoms with Crippen LogP contribution in [0.1, 0.15) is 12.8 Å². The Bertz CT molecular complexity index is 762. The molecule has 130 valence electrons. The SMILES string of the molecule is COc1ccc(SCC(=O)Nc2ccccc2N2CCCC2=O)cc1. The molecule has 1 N–H and O–H groups in total. The van der Waals surface area contributed by atoms with Crippen LogP contribution in [0.25, 0.3) is 0 Å². The average Bonchev–Trinajstić information content (AvgIpc) is 3.07. The fourth-order valence-corrected chi connectivity index (χ4v) is 3.42. The first-order valence-electron chi connectivity index (χ1n) is 8.13. The van der Waals surface area contributed by atoms with E-state index in [-0.39, 0.29) is 11.8 Å². The van der Waals surface area contributed by atoms with Gasteiger partial charge in [-0.2, -0.15) is 0 Å². The summed E-state index contributed by atoms with van der Waals surface area (Å²) in [7, 11) is 1.62. The Kier molecular flexibility index (Phi) is 5.60. The molecule has 6 heteroatoms. The molecule has 0 unspecified atom stereocenters. The second-order valence-corrected chi connectivity index (χ2v) is 6.73. The first-order chi connectivity index (χ1) is 12.2. The fourth-order valence-electron chi connectivity index (χ4n) is 2.72. The molecule has 1 heterocycles. The average molecular weight is 356 g/mol. The van der Waals surface area contributed by atoms with Gasteiger partial charge in [-0.3, -0.25) is 9.59 Å². The van der Waals surface area contributed by atoms with E-state index in [0.29, 0.717) is 24.4 Å². The van der Waals surface area contributed by atoms with Gasteiger partial charge in [0, 0.05) is 17.9 Å². The van der Waals surface area contributed by atoms with Crippen molar-refractivity contribution in [1.29, 1.82) is 0 Å². The van der Waals surface area contributed by atoms with E-state index in [2.05, 4.69) is 5.32 Å². The van der Waals surface area contributed by atoms with Gasteiger partial charge in [-0.1, -0.05) is 12.1 Å². The van der Waals surface area contributed by atoms with Crippen LogP contribution in [0.4, 0.5) is 11.4 Å². The van der Waals surface area contributed by atoms with Gasteiger partial charge in [-0.25, -0.2) is 0 Å². The van der Waals surface area contributed by atoms with Crippen LogP contribution in [0.15, 0.2) is 53.4 Å². The number of carbonyl (C=O) groups is 2. The summed E-state index contributed by atoms with van der Waals surface area (Å²) >= 11 is 1.46. The number of ether oxygens (including phenoxy) is 1. The molecule has 1 fully saturated rings. The largest absolute Gasteiger partial charge is 0.497 e. The molecule has 3 rings (SSSR count). The van der Waals surface area contributed by atoms with Gasteiger partial charge in [0.15, 0.2) is 0 Å². The van der Waals surface area contributed by atoms with E-state index < -0.39 is 0 Å². The minimum absolute atomic E-state index is 0.0973. The monoisotopic (exact) mass is 356 g/mol. The molecular weight excluding hydrogens is 336 g/mol. The van der Waals surface area contributed by atoms with Crippen LogP contribution in [0.3, 0.4) is 0 Å². The predicted molar refractivity (Wildman–Crippen MR) is 100 cm³/mol. The Morgan fingerprint density at radius 2 is 1.96 bits per heavy atom. The molecule has 5 nitrogen and oxygen atoms in total. The zero-order chi connectivity index (χ0) is 17.6. The Morgan fingerprint density at radius 3 is 2.64 bits per heavy atom. The third-order valence-corrected chi connectivity index (χ3v) is 4.98. The van der Waals surface area contributed by atoms with Crippen LogP contribution in [0.2, 0.25) is 0 Å². The molecule has 0 saturated carbocycles. The van der Waals surface area contributed by atoms with Crippen LogP contribution in [-0.2, 0) is 9.59 Å². The van der Waals surface area contributed by atoms with Crippen molar-refractivity contribution < 1.29 is 14.3 Å². The van der Waals surface area contributed by atoms with Crippen molar-refractivity contribution in [2.24, 2.45) is 0 Å². The second-order valence-electron chi connectivity index (χ2n) is 5.68. The highest BCUT2D eigenvalue weighted by atomic mass is 32.2. The van der Waals surface area contributed by atoms with Gasteiger partial charge < -0.3 is 15.0 Å². The molecular formula is C19H20N2O3S. The predicted octanol–water partition coefficient (Wildman–Crippen LogP) is 3.55. The maximum Gasteiger partial charge on any atom is 0.234 e. The van der Waals surface area contributed by atoms with Crippen molar-refractivity contribution >= 4 is 35.0 Å². The first kappa shape index (κ1) is 17.4. The molecule has 2 amide bonds. The van der Waals surface area contributed by atoms with E-state index in [4.69, 9.17) is 4.74 Å². The van der Waals surface area contributed by atoms with E-state index in [0.717, 1.165) is 22.8 Å². The maximum atomic E-state index is 12.3. The van der Waals surface area contributed by atoms with Crippen molar-refractivity contribution in [3.05, 3.63) is 48.5 Å². The Hall–Kier alpha value is -2.47. The molecule has 25 heavy (non-hydrogen) atoms. The number of benzene rings is 2. The van der Waals surface area contributed by atoms with E-state index in [1.54, 1.807) is 12.0 Å². The first-order valence-corrected chi connectivity index (χ1v) is 9.12. The summed E-state index contributed by atoms with van der Waals surface area (Å²) in [6.07, 6.45) is 1.42. The normalized spacial score (nSPS) is 13.8. The zero-order valence-electron chi connectivity index (χ0n) is 14.0. The lowest BCUT2D eigenvalue weighted by Crippen LogP contribution is -2.25. The topological polar surface area (TPSA) is 58.6 Å². The molecule has 0 bridgehead atoms. The number of anilines is 2. The summed E-state index contributed by atoms with van der Waals surface area (Å²) in [5, 5.41) is 2.92. The van der Waals surface area contributed by atoms with E-state index in [1.165, 1.54) is 11.8 Å². The highest BCUT2D eigenvalue weighted by molar-refractivity contribution is 8.00. The van der Waals surface area contributed by atoms with Gasteiger partial charge >= 0.3 is 0 Å². The van der Waals surface area contributed by atoms with Crippen molar-refractivity contribution in [2.45, 2.75) is 17.7 Å². The van der Waals surface area contributed by atoms with Gasteiger partial charge in [0.05, 0.1) is 24.2 Å². The van der Waals surface area contributed by atoms with Gasteiger partial charge in [0.1, 0.15) is 5.75 Å². The lowest BCUT2D eigenvalue weighted by atomic mass is 10.2. The number of carbonyl (C=O) groups excluding carboxylic acids is 2. The number of para-hydroxylation sites is 2. The molecule has 0 aliphatic carbocycles. The molecule has 0 spiro atoms. The number of nitrogens with one attached hydrogen (secondary N) is 1. The number of hydrogen-bond donors (Lipinski definition) is 1. The lowest BCUT2D eigenvalue weighted by molar-refractivity contribution is -0.117. The van der Waals surface area contributed by atoms with Crippen LogP contribution in [-0.4, -0.2) is 31.2 Å². The second kappa shape index (κ2) is 8.07. The summed E-state index contributed by atoms with van der Waals surface area (Å²) in [5.41, 5.74) is 1.45. The van der Waals surface area contributed by atoms with E-state index >= 15 is 0 Å². The Balaban J connectivity index is 1.62. The third kappa shape index (κ3) is 4.33. The van der Waals surface area contributed by atoms with Crippen molar-refractivity contribution in [1.82, 2.24) is 0 Å². The third-order valence-electron chi connectivity index (χ3n) is 3.97. The number of nitrogens with zero attached hydrogens (tertiary/aromatic N) is 1. The Morgan fingerprint density at radius 1 is 1.20 bits per heavy atom. The molecule has 2 aromatic carbocycles. The quantitative estimate of drug-likeness (QED) is 0.804. The smallest absolute Gasteiger partial charge is 0.234 e. The molecule has 1 aliphatic rings. The summed E-state index contributed by atoms with van der Waals surface area (Å²) in [6, 6.07) is 15.0. The minimum Gasteiger partial charge on any atom is -0.497 e. The number of rotatable bonds is 6. The highest BCUT2D eigenvalue weighted by Gasteiger charge is 2.24. The van der Waals surface area contributed by atoms with Crippen molar-refractivity contribution in [2.75, 3.05) is 29.6 Å². The van der Waals surface area contributed by atoms with E-state index in [1.807, 2.05) is 48.5 Å². The summed E-state index contributed by atoms with van der Waals surface area (Å²) in [4.78, 5) is 27.0. The molecule has 1 aliphatic heterocycles. The summed E-state index contributed by atoms with van der Waals surface area (Å²) < 4.78 is 5.12. The van der Waals surface area contributed by atoms with Gasteiger partial charge in [0.2, 0.25) is 11.8 Å². The summed E-state index contributed by atoms with van der Waals surface area (Å²) in [5.74, 6) is 1.10. The van der Waals surface area contributed by atoms with Crippen LogP contribution >= 0.6 is 11.8 Å². The number of methoxy groups -OCH3 is 1. The number of amides is 2. The highest BCUT2D eigenvalue weighted by Crippen LogP contribution is 2.29. The number of hydrogen-bond acceptors (Lipinski definition) is 4. The molecule has 1 saturated heterocycles. The fraction of sp³-hybridized carbons (Fsp3) is 0.263. The standard InChI is InChI=1S/C19H20N2O3S/c1-24-14-8-10-15(11-9-14)25-13-18(22)20-16-5-2-3-6-17(16)21-12-4-7-19(21)23/h2-3,5-6,8-11H,4,7,12-13H2,1H3,(H,20,22). The molecule has 2 aromatic rings.